The average molecular weight is 321 g/mol. The minimum absolute atomic E-state index is 0.232. The van der Waals surface area contributed by atoms with Gasteiger partial charge in [-0.05, 0) is 39.2 Å². The molecular weight excluding hydrogens is 302 g/mol. The van der Waals surface area contributed by atoms with Crippen molar-refractivity contribution in [1.29, 1.82) is 0 Å². The maximum absolute atomic E-state index is 5.40. The largest absolute Gasteiger partial charge is 0.469 e. The van der Waals surface area contributed by atoms with Crippen molar-refractivity contribution in [2.45, 2.75) is 51.1 Å². The van der Waals surface area contributed by atoms with Gasteiger partial charge in [0.1, 0.15) is 5.01 Å². The lowest BCUT2D eigenvalue weighted by Gasteiger charge is -2.19. The van der Waals surface area contributed by atoms with Gasteiger partial charge in [-0.3, -0.25) is 4.90 Å². The summed E-state index contributed by atoms with van der Waals surface area (Å²) >= 11 is 1.51. The van der Waals surface area contributed by atoms with Gasteiger partial charge in [0.05, 0.1) is 19.2 Å². The second-order valence-corrected chi connectivity index (χ2v) is 6.81. The zero-order chi connectivity index (χ0) is 14.9. The molecule has 3 heterocycles. The summed E-state index contributed by atoms with van der Waals surface area (Å²) in [5.74, 6) is 2.15. The lowest BCUT2D eigenvalue weighted by atomic mass is 10.2. The Morgan fingerprint density at radius 3 is 3.05 bits per heavy atom. The first-order chi connectivity index (χ1) is 10.8. The highest BCUT2D eigenvalue weighted by atomic mass is 32.1. The molecule has 1 saturated heterocycles. The van der Waals surface area contributed by atoms with Gasteiger partial charge in [0.15, 0.2) is 5.82 Å². The molecule has 0 amide bonds. The van der Waals surface area contributed by atoms with E-state index in [1.54, 1.807) is 0 Å². The Balaban J connectivity index is 1.45. The third kappa shape index (κ3) is 2.85. The Hall–Kier alpha value is -1.54. The highest BCUT2D eigenvalue weighted by Crippen LogP contribution is 2.40. The van der Waals surface area contributed by atoms with Gasteiger partial charge < -0.3 is 9.26 Å². The molecule has 118 valence electrons. The summed E-state index contributed by atoms with van der Waals surface area (Å²) in [6.45, 7) is 4.36. The van der Waals surface area contributed by atoms with Crippen molar-refractivity contribution in [2.24, 2.45) is 0 Å². The van der Waals surface area contributed by atoms with Crippen LogP contribution in [0.5, 0.6) is 5.19 Å². The van der Waals surface area contributed by atoms with Gasteiger partial charge in [-0.15, -0.1) is 10.2 Å². The van der Waals surface area contributed by atoms with Crippen LogP contribution in [0.3, 0.4) is 0 Å². The molecule has 0 N–H and O–H groups in total. The first-order valence-corrected chi connectivity index (χ1v) is 8.68. The molecule has 0 unspecified atom stereocenters. The van der Waals surface area contributed by atoms with E-state index >= 15 is 0 Å². The fourth-order valence-corrected chi connectivity index (χ4v) is 3.62. The third-order valence-corrected chi connectivity index (χ3v) is 4.92. The molecule has 0 aromatic carbocycles. The second-order valence-electron chi connectivity index (χ2n) is 5.79. The molecule has 0 spiro atoms. The van der Waals surface area contributed by atoms with E-state index in [-0.39, 0.29) is 6.04 Å². The van der Waals surface area contributed by atoms with Crippen LogP contribution < -0.4 is 4.74 Å². The summed E-state index contributed by atoms with van der Waals surface area (Å²) in [7, 11) is 0. The molecule has 0 bridgehead atoms. The van der Waals surface area contributed by atoms with E-state index in [1.165, 1.54) is 24.2 Å². The van der Waals surface area contributed by atoms with Crippen LogP contribution in [0.1, 0.15) is 61.3 Å². The molecule has 0 radical (unpaired) electrons. The first-order valence-electron chi connectivity index (χ1n) is 7.86. The Bertz CT molecular complexity index is 639. The van der Waals surface area contributed by atoms with Crippen LogP contribution in [0.25, 0.3) is 0 Å². The van der Waals surface area contributed by atoms with E-state index in [0.717, 1.165) is 42.7 Å². The molecule has 1 atom stereocenters. The zero-order valence-corrected chi connectivity index (χ0v) is 13.4. The van der Waals surface area contributed by atoms with Gasteiger partial charge in [-0.25, -0.2) is 0 Å². The maximum Gasteiger partial charge on any atom is 0.294 e. The summed E-state index contributed by atoms with van der Waals surface area (Å²) in [5, 5.41) is 14.1. The molecule has 2 aliphatic rings. The number of aromatic nitrogens is 4. The SMILES string of the molecule is CCOc1nnc(CN2CCC[C@H]2c2noc(C3CC3)n2)s1. The van der Waals surface area contributed by atoms with Crippen LogP contribution in [0.15, 0.2) is 4.52 Å². The fourth-order valence-electron chi connectivity index (χ4n) is 2.84. The van der Waals surface area contributed by atoms with Gasteiger partial charge >= 0.3 is 0 Å². The van der Waals surface area contributed by atoms with E-state index in [1.807, 2.05) is 6.92 Å². The molecule has 1 saturated carbocycles. The van der Waals surface area contributed by atoms with E-state index in [2.05, 4.69) is 25.2 Å². The van der Waals surface area contributed by atoms with E-state index in [0.29, 0.717) is 17.7 Å². The van der Waals surface area contributed by atoms with Gasteiger partial charge in [0, 0.05) is 5.92 Å². The maximum atomic E-state index is 5.40. The predicted octanol–water partition coefficient (Wildman–Crippen LogP) is 2.53. The van der Waals surface area contributed by atoms with E-state index < -0.39 is 0 Å². The summed E-state index contributed by atoms with van der Waals surface area (Å²) < 4.78 is 10.8. The number of hydrogen-bond donors (Lipinski definition) is 0. The molecule has 1 aliphatic carbocycles. The van der Waals surface area contributed by atoms with Crippen LogP contribution in [0, 0.1) is 0 Å². The van der Waals surface area contributed by atoms with E-state index in [4.69, 9.17) is 9.26 Å². The molecule has 2 fully saturated rings. The van der Waals surface area contributed by atoms with Crippen molar-refractivity contribution in [3.8, 4) is 5.19 Å². The highest BCUT2D eigenvalue weighted by Gasteiger charge is 2.34. The van der Waals surface area contributed by atoms with Crippen LogP contribution in [-0.2, 0) is 6.54 Å². The Labute approximate surface area is 132 Å². The number of rotatable bonds is 6. The molecule has 7 nitrogen and oxygen atoms in total. The van der Waals surface area contributed by atoms with Gasteiger partial charge in [-0.2, -0.15) is 4.98 Å². The van der Waals surface area contributed by atoms with Gasteiger partial charge in [0.25, 0.3) is 5.19 Å². The number of ether oxygens (including phenoxy) is 1. The first kappa shape index (κ1) is 14.1. The molecule has 22 heavy (non-hydrogen) atoms. The second kappa shape index (κ2) is 5.92. The molecule has 1 aliphatic heterocycles. The van der Waals surface area contributed by atoms with Crippen LogP contribution >= 0.6 is 11.3 Å². The van der Waals surface area contributed by atoms with E-state index in [9.17, 15) is 0 Å². The molecule has 8 heteroatoms. The lowest BCUT2D eigenvalue weighted by molar-refractivity contribution is 0.233. The van der Waals surface area contributed by atoms with Gasteiger partial charge in [0.2, 0.25) is 5.89 Å². The van der Waals surface area contributed by atoms with Crippen LogP contribution in [0.4, 0.5) is 0 Å². The Morgan fingerprint density at radius 2 is 2.23 bits per heavy atom. The van der Waals surface area contributed by atoms with Crippen molar-refractivity contribution >= 4 is 11.3 Å². The molecular formula is C14H19N5O2S. The smallest absolute Gasteiger partial charge is 0.294 e. The average Bonchev–Trinajstić information content (AvgIpc) is 2.92. The topological polar surface area (TPSA) is 77.2 Å². The molecule has 4 rings (SSSR count). The van der Waals surface area contributed by atoms with Crippen molar-refractivity contribution in [2.75, 3.05) is 13.2 Å². The van der Waals surface area contributed by atoms with Crippen LogP contribution in [0.2, 0.25) is 0 Å². The summed E-state index contributed by atoms with van der Waals surface area (Å²) in [6, 6.07) is 0.232. The summed E-state index contributed by atoms with van der Waals surface area (Å²) in [4.78, 5) is 6.96. The predicted molar refractivity (Wildman–Crippen MR) is 79.7 cm³/mol. The summed E-state index contributed by atoms with van der Waals surface area (Å²) in [6.07, 6.45) is 4.58. The quantitative estimate of drug-likeness (QED) is 0.809. The standard InChI is InChI=1S/C14H19N5O2S/c1-2-20-14-17-16-11(22-14)8-19-7-3-4-10(19)12-15-13(21-18-12)9-5-6-9/h9-10H,2-8H2,1H3/t10-/m0/s1. The van der Waals surface area contributed by atoms with Crippen molar-refractivity contribution in [3.05, 3.63) is 16.7 Å². The minimum atomic E-state index is 0.232. The molecule has 2 aromatic rings. The zero-order valence-electron chi connectivity index (χ0n) is 12.6. The Kier molecular flexibility index (Phi) is 3.79. The number of hydrogen-bond acceptors (Lipinski definition) is 8. The lowest BCUT2D eigenvalue weighted by Crippen LogP contribution is -2.23. The summed E-state index contributed by atoms with van der Waals surface area (Å²) in [5.41, 5.74) is 0. The van der Waals surface area contributed by atoms with Crippen molar-refractivity contribution < 1.29 is 9.26 Å². The highest BCUT2D eigenvalue weighted by molar-refractivity contribution is 7.13. The third-order valence-electron chi connectivity index (χ3n) is 4.10. The number of likely N-dealkylation sites (tertiary alicyclic amines) is 1. The fraction of sp³-hybridized carbons (Fsp3) is 0.714. The van der Waals surface area contributed by atoms with Crippen molar-refractivity contribution in [1.82, 2.24) is 25.2 Å². The minimum Gasteiger partial charge on any atom is -0.469 e. The Morgan fingerprint density at radius 1 is 1.32 bits per heavy atom. The van der Waals surface area contributed by atoms with Crippen molar-refractivity contribution in [3.63, 3.8) is 0 Å². The normalized spacial score (nSPS) is 22.3. The van der Waals surface area contributed by atoms with Gasteiger partial charge in [-0.1, -0.05) is 16.5 Å². The van der Waals surface area contributed by atoms with Crippen LogP contribution in [-0.4, -0.2) is 38.4 Å². The molecule has 2 aromatic heterocycles. The monoisotopic (exact) mass is 321 g/mol. The number of nitrogens with zero attached hydrogens (tertiary/aromatic N) is 5.